The van der Waals surface area contributed by atoms with E-state index in [0.29, 0.717) is 23.5 Å². The van der Waals surface area contributed by atoms with Crippen molar-refractivity contribution >= 4 is 34.2 Å². The third-order valence-electron chi connectivity index (χ3n) is 6.30. The lowest BCUT2D eigenvalue weighted by Gasteiger charge is -2.16. The molecule has 0 atom stereocenters. The van der Waals surface area contributed by atoms with Crippen LogP contribution < -0.4 is 16.0 Å². The predicted octanol–water partition coefficient (Wildman–Crippen LogP) is 4.30. The first-order valence-corrected chi connectivity index (χ1v) is 13.0. The fourth-order valence-electron chi connectivity index (χ4n) is 4.30. The molecule has 0 aliphatic carbocycles. The summed E-state index contributed by atoms with van der Waals surface area (Å²) in [5.74, 6) is -1.56. The second-order valence-corrected chi connectivity index (χ2v) is 9.37. The fourth-order valence-corrected chi connectivity index (χ4v) is 4.30. The van der Waals surface area contributed by atoms with Crippen molar-refractivity contribution in [1.29, 1.82) is 0 Å². The average molecular weight is 552 g/mol. The minimum Gasteiger partial charge on any atom is -0.394 e. The maximum Gasteiger partial charge on any atom is 0.324 e. The molecule has 0 aliphatic heterocycles. The second-order valence-electron chi connectivity index (χ2n) is 9.37. The number of fused-ring (bicyclic) bond motifs is 1. The highest BCUT2D eigenvalue weighted by atomic mass is 19.1. The summed E-state index contributed by atoms with van der Waals surface area (Å²) in [7, 11) is 0. The fraction of sp³-hybridized carbons (Fsp3) is 0.276. The molecule has 0 spiro atoms. The van der Waals surface area contributed by atoms with Crippen LogP contribution in [-0.4, -0.2) is 51.2 Å². The normalized spacial score (nSPS) is 11.2. The standard InChI is InChI=1S/C29H31F2N5O4/c1-2-3-7-21-15-27(34-29(40)33-26-14-20(30)9-10-25(26)31)36(35-21)23-11-18-6-4-5-8-24(18)19(12-23)13-28(39)32-22(16-37)17-38/h4-6,8-12,14-15,22,37-38H,2-3,7,13,16-17H2,1H3,(H,32,39)(H2,33,34,40). The van der Waals surface area contributed by atoms with Crippen LogP contribution in [0, 0.1) is 11.6 Å². The molecule has 9 nitrogen and oxygen atoms in total. The third-order valence-corrected chi connectivity index (χ3v) is 6.30. The Morgan fingerprint density at radius 1 is 1.00 bits per heavy atom. The highest BCUT2D eigenvalue weighted by Crippen LogP contribution is 2.27. The summed E-state index contributed by atoms with van der Waals surface area (Å²) in [6.07, 6.45) is 2.44. The minimum absolute atomic E-state index is 0.0308. The molecule has 0 fully saturated rings. The Labute approximate surface area is 229 Å². The molecule has 5 N–H and O–H groups in total. The number of carbonyl (C=O) groups is 2. The largest absolute Gasteiger partial charge is 0.394 e. The van der Waals surface area contributed by atoms with Gasteiger partial charge in [-0.1, -0.05) is 37.6 Å². The van der Waals surface area contributed by atoms with Gasteiger partial charge in [-0.2, -0.15) is 5.10 Å². The van der Waals surface area contributed by atoms with Crippen LogP contribution >= 0.6 is 0 Å². The molecule has 0 unspecified atom stereocenters. The van der Waals surface area contributed by atoms with Crippen LogP contribution in [0.2, 0.25) is 0 Å². The van der Waals surface area contributed by atoms with E-state index in [2.05, 4.69) is 28.0 Å². The van der Waals surface area contributed by atoms with Gasteiger partial charge in [-0.25, -0.2) is 18.3 Å². The molecule has 0 aliphatic rings. The molecule has 1 aromatic heterocycles. The monoisotopic (exact) mass is 551 g/mol. The van der Waals surface area contributed by atoms with Gasteiger partial charge in [-0.05, 0) is 53.4 Å². The summed E-state index contributed by atoms with van der Waals surface area (Å²) in [6, 6.07) is 14.1. The van der Waals surface area contributed by atoms with Gasteiger partial charge >= 0.3 is 6.03 Å². The first-order valence-electron chi connectivity index (χ1n) is 13.0. The Bertz CT molecular complexity index is 1500. The summed E-state index contributed by atoms with van der Waals surface area (Å²) in [6.45, 7) is 1.26. The van der Waals surface area contributed by atoms with Gasteiger partial charge in [0.1, 0.15) is 17.5 Å². The molecule has 3 amide bonds. The van der Waals surface area contributed by atoms with Crippen LogP contribution in [0.1, 0.15) is 31.0 Å². The summed E-state index contributed by atoms with van der Waals surface area (Å²) >= 11 is 0. The predicted molar refractivity (Wildman–Crippen MR) is 148 cm³/mol. The molecular formula is C29H31F2N5O4. The Kier molecular flexibility index (Phi) is 9.41. The van der Waals surface area contributed by atoms with Crippen molar-refractivity contribution in [3.05, 3.63) is 83.6 Å². The number of benzene rings is 3. The van der Waals surface area contributed by atoms with Crippen LogP contribution in [0.15, 0.2) is 60.7 Å². The molecule has 0 saturated heterocycles. The molecule has 0 radical (unpaired) electrons. The molecule has 40 heavy (non-hydrogen) atoms. The number of halogens is 2. The number of amides is 3. The number of aliphatic hydroxyl groups excluding tert-OH is 2. The smallest absolute Gasteiger partial charge is 0.324 e. The van der Waals surface area contributed by atoms with E-state index < -0.39 is 36.9 Å². The maximum absolute atomic E-state index is 14.1. The van der Waals surface area contributed by atoms with E-state index in [1.54, 1.807) is 12.1 Å². The Hall–Kier alpha value is -4.35. The van der Waals surface area contributed by atoms with Gasteiger partial charge in [0.25, 0.3) is 0 Å². The number of urea groups is 1. The first kappa shape index (κ1) is 28.7. The number of anilines is 2. The van der Waals surface area contributed by atoms with E-state index in [4.69, 9.17) is 0 Å². The number of rotatable bonds is 11. The summed E-state index contributed by atoms with van der Waals surface area (Å²) in [4.78, 5) is 25.5. The number of hydrogen-bond donors (Lipinski definition) is 5. The van der Waals surface area contributed by atoms with Gasteiger partial charge < -0.3 is 20.8 Å². The second kappa shape index (κ2) is 13.1. The van der Waals surface area contributed by atoms with E-state index in [1.807, 2.05) is 30.3 Å². The van der Waals surface area contributed by atoms with Crippen molar-refractivity contribution in [1.82, 2.24) is 15.1 Å². The lowest BCUT2D eigenvalue weighted by molar-refractivity contribution is -0.121. The van der Waals surface area contributed by atoms with Crippen molar-refractivity contribution in [2.24, 2.45) is 0 Å². The van der Waals surface area contributed by atoms with Crippen molar-refractivity contribution < 1.29 is 28.6 Å². The number of nitrogens with one attached hydrogen (secondary N) is 3. The number of aliphatic hydroxyl groups is 2. The number of aryl methyl sites for hydroxylation is 1. The van der Waals surface area contributed by atoms with E-state index in [1.165, 1.54) is 4.68 Å². The zero-order valence-electron chi connectivity index (χ0n) is 22.0. The maximum atomic E-state index is 14.1. The Morgan fingerprint density at radius 3 is 2.52 bits per heavy atom. The van der Waals surface area contributed by atoms with Gasteiger partial charge in [-0.15, -0.1) is 0 Å². The van der Waals surface area contributed by atoms with Crippen LogP contribution in [0.25, 0.3) is 16.5 Å². The van der Waals surface area contributed by atoms with E-state index >= 15 is 0 Å². The third kappa shape index (κ3) is 6.99. The van der Waals surface area contributed by atoms with Gasteiger partial charge in [0.15, 0.2) is 0 Å². The van der Waals surface area contributed by atoms with Crippen molar-refractivity contribution in [2.45, 2.75) is 38.6 Å². The van der Waals surface area contributed by atoms with Gasteiger partial charge in [-0.3, -0.25) is 10.1 Å². The molecule has 4 rings (SSSR count). The molecule has 0 bridgehead atoms. The number of unbranched alkanes of at least 4 members (excludes halogenated alkanes) is 1. The van der Waals surface area contributed by atoms with Crippen molar-refractivity contribution in [3.8, 4) is 5.69 Å². The van der Waals surface area contributed by atoms with Gasteiger partial charge in [0, 0.05) is 12.1 Å². The summed E-state index contributed by atoms with van der Waals surface area (Å²) in [5, 5.41) is 32.6. The summed E-state index contributed by atoms with van der Waals surface area (Å²) in [5.41, 5.74) is 1.65. The Balaban J connectivity index is 1.69. The number of hydrogen-bond acceptors (Lipinski definition) is 5. The van der Waals surface area contributed by atoms with Crippen LogP contribution in [0.5, 0.6) is 0 Å². The number of carbonyl (C=O) groups excluding carboxylic acids is 2. The lowest BCUT2D eigenvalue weighted by Crippen LogP contribution is -2.40. The van der Waals surface area contributed by atoms with Crippen LogP contribution in [-0.2, 0) is 17.6 Å². The molecule has 210 valence electrons. The molecule has 0 saturated carbocycles. The van der Waals surface area contributed by atoms with Crippen LogP contribution in [0.4, 0.5) is 25.1 Å². The number of aromatic nitrogens is 2. The highest BCUT2D eigenvalue weighted by molar-refractivity contribution is 5.99. The molecule has 4 aromatic rings. The molecule has 1 heterocycles. The number of nitrogens with zero attached hydrogens (tertiary/aromatic N) is 2. The van der Waals surface area contributed by atoms with Crippen molar-refractivity contribution in [2.75, 3.05) is 23.8 Å². The van der Waals surface area contributed by atoms with Crippen LogP contribution in [0.3, 0.4) is 0 Å². The quantitative estimate of drug-likeness (QED) is 0.190. The van der Waals surface area contributed by atoms with E-state index in [0.717, 1.165) is 47.5 Å². The zero-order chi connectivity index (χ0) is 28.6. The lowest BCUT2D eigenvalue weighted by atomic mass is 10.0. The SMILES string of the molecule is CCCCc1cc(NC(=O)Nc2cc(F)ccc2F)n(-c2cc(CC(=O)NC(CO)CO)c3ccccc3c2)n1. The molecule has 11 heteroatoms. The van der Waals surface area contributed by atoms with Crippen molar-refractivity contribution in [3.63, 3.8) is 0 Å². The van der Waals surface area contributed by atoms with E-state index in [-0.39, 0.29) is 18.0 Å². The van der Waals surface area contributed by atoms with Gasteiger partial charge in [0.2, 0.25) is 5.91 Å². The molecule has 3 aromatic carbocycles. The molecular weight excluding hydrogens is 520 g/mol. The Morgan fingerprint density at radius 2 is 1.77 bits per heavy atom. The van der Waals surface area contributed by atoms with E-state index in [9.17, 15) is 28.6 Å². The minimum atomic E-state index is -0.785. The first-order chi connectivity index (χ1) is 19.3. The zero-order valence-corrected chi connectivity index (χ0v) is 22.0. The van der Waals surface area contributed by atoms with Gasteiger partial charge in [0.05, 0.1) is 42.7 Å². The summed E-state index contributed by atoms with van der Waals surface area (Å²) < 4.78 is 29.2. The average Bonchev–Trinajstić information content (AvgIpc) is 3.34. The highest BCUT2D eigenvalue weighted by Gasteiger charge is 2.18. The topological polar surface area (TPSA) is 129 Å².